The lowest BCUT2D eigenvalue weighted by Crippen LogP contribution is -2.34. The van der Waals surface area contributed by atoms with E-state index in [-0.39, 0.29) is 17.8 Å². The third-order valence-corrected chi connectivity index (χ3v) is 3.76. The van der Waals surface area contributed by atoms with E-state index in [0.717, 1.165) is 13.0 Å². The molecule has 1 aromatic rings. The largest absolute Gasteiger partial charge is 0.341 e. The van der Waals surface area contributed by atoms with Crippen molar-refractivity contribution in [2.75, 3.05) is 13.1 Å². The van der Waals surface area contributed by atoms with E-state index in [2.05, 4.69) is 26.2 Å². The Morgan fingerprint density at radius 1 is 1.68 bits per heavy atom. The summed E-state index contributed by atoms with van der Waals surface area (Å²) in [5.74, 6) is -0.127. The van der Waals surface area contributed by atoms with Crippen molar-refractivity contribution in [3.05, 3.63) is 28.2 Å². The fourth-order valence-electron chi connectivity index (χ4n) is 2.22. The van der Waals surface area contributed by atoms with Crippen LogP contribution >= 0.6 is 15.9 Å². The fourth-order valence-corrected chi connectivity index (χ4v) is 2.60. The molecule has 1 amide bonds. The van der Waals surface area contributed by atoms with E-state index >= 15 is 0 Å². The van der Waals surface area contributed by atoms with Gasteiger partial charge in [-0.25, -0.2) is 9.37 Å². The topological polar surface area (TPSA) is 45.2 Å². The molecule has 0 spiro atoms. The zero-order valence-corrected chi connectivity index (χ0v) is 12.4. The monoisotopic (exact) mass is 329 g/mol. The van der Waals surface area contributed by atoms with Gasteiger partial charge >= 0.3 is 0 Å². The molecule has 0 aromatic carbocycles. The standard InChI is InChI=1S/C13H17BrFN3O/c1-2-13(19)18-4-3-10(8-18)16-6-9-5-12(14)17-7-11(9)15/h5,7,10,16H,2-4,6,8H2,1H3/t10-/m0/s1. The smallest absolute Gasteiger partial charge is 0.222 e. The number of carbonyl (C=O) groups excluding carboxylic acids is 1. The third kappa shape index (κ3) is 3.73. The first kappa shape index (κ1) is 14.4. The Bertz CT molecular complexity index is 469. The molecule has 2 heterocycles. The second-order valence-electron chi connectivity index (χ2n) is 4.66. The Balaban J connectivity index is 1.87. The summed E-state index contributed by atoms with van der Waals surface area (Å²) in [5.41, 5.74) is 0.585. The van der Waals surface area contributed by atoms with E-state index < -0.39 is 0 Å². The molecule has 1 aliphatic heterocycles. The van der Waals surface area contributed by atoms with Gasteiger partial charge in [-0.3, -0.25) is 4.79 Å². The minimum atomic E-state index is -0.310. The second kappa shape index (κ2) is 6.43. The van der Waals surface area contributed by atoms with Crippen molar-refractivity contribution >= 4 is 21.8 Å². The van der Waals surface area contributed by atoms with Gasteiger partial charge in [0.15, 0.2) is 0 Å². The minimum absolute atomic E-state index is 0.183. The van der Waals surface area contributed by atoms with Crippen LogP contribution in [-0.2, 0) is 11.3 Å². The number of rotatable bonds is 4. The first-order valence-corrected chi connectivity index (χ1v) is 7.20. The molecule has 1 aromatic heterocycles. The van der Waals surface area contributed by atoms with Gasteiger partial charge in [0, 0.05) is 37.7 Å². The van der Waals surface area contributed by atoms with Gasteiger partial charge in [0.05, 0.1) is 6.20 Å². The van der Waals surface area contributed by atoms with E-state index in [0.29, 0.717) is 29.7 Å². The van der Waals surface area contributed by atoms with Gasteiger partial charge in [0.1, 0.15) is 10.4 Å². The molecule has 6 heteroatoms. The number of hydrogen-bond donors (Lipinski definition) is 1. The van der Waals surface area contributed by atoms with Crippen LogP contribution in [0.3, 0.4) is 0 Å². The second-order valence-corrected chi connectivity index (χ2v) is 5.47. The molecule has 0 aliphatic carbocycles. The van der Waals surface area contributed by atoms with Crippen molar-refractivity contribution in [1.29, 1.82) is 0 Å². The first-order chi connectivity index (χ1) is 9.10. The summed E-state index contributed by atoms with van der Waals surface area (Å²) in [6, 6.07) is 1.91. The average molecular weight is 330 g/mol. The summed E-state index contributed by atoms with van der Waals surface area (Å²) < 4.78 is 14.1. The molecule has 1 saturated heterocycles. The number of aromatic nitrogens is 1. The summed E-state index contributed by atoms with van der Waals surface area (Å²) in [4.78, 5) is 17.2. The lowest BCUT2D eigenvalue weighted by Gasteiger charge is -2.16. The van der Waals surface area contributed by atoms with E-state index in [9.17, 15) is 9.18 Å². The molecule has 4 nitrogen and oxygen atoms in total. The number of amides is 1. The van der Waals surface area contributed by atoms with Crippen LogP contribution in [0, 0.1) is 5.82 Å². The van der Waals surface area contributed by atoms with Crippen LogP contribution in [0.5, 0.6) is 0 Å². The van der Waals surface area contributed by atoms with E-state index in [4.69, 9.17) is 0 Å². The van der Waals surface area contributed by atoms with Crippen molar-refractivity contribution in [2.45, 2.75) is 32.4 Å². The molecule has 1 atom stereocenters. The molecule has 19 heavy (non-hydrogen) atoms. The Morgan fingerprint density at radius 2 is 2.47 bits per heavy atom. The van der Waals surface area contributed by atoms with E-state index in [1.807, 2.05) is 11.8 Å². The van der Waals surface area contributed by atoms with Gasteiger partial charge in [-0.2, -0.15) is 0 Å². The van der Waals surface area contributed by atoms with Crippen LogP contribution in [0.15, 0.2) is 16.9 Å². The fraction of sp³-hybridized carbons (Fsp3) is 0.538. The third-order valence-electron chi connectivity index (χ3n) is 3.33. The summed E-state index contributed by atoms with van der Waals surface area (Å²) in [6.07, 6.45) is 2.67. The van der Waals surface area contributed by atoms with Gasteiger partial charge in [-0.15, -0.1) is 0 Å². The quantitative estimate of drug-likeness (QED) is 0.860. The molecule has 1 aliphatic rings. The summed E-state index contributed by atoms with van der Waals surface area (Å²) in [6.45, 7) is 3.81. The molecule has 0 radical (unpaired) electrons. The maximum Gasteiger partial charge on any atom is 0.222 e. The maximum absolute atomic E-state index is 13.5. The lowest BCUT2D eigenvalue weighted by atomic mass is 10.2. The molecule has 104 valence electrons. The number of carbonyl (C=O) groups is 1. The van der Waals surface area contributed by atoms with Crippen molar-refractivity contribution < 1.29 is 9.18 Å². The van der Waals surface area contributed by atoms with Crippen LogP contribution in [0.25, 0.3) is 0 Å². The highest BCUT2D eigenvalue weighted by Crippen LogP contribution is 2.14. The highest BCUT2D eigenvalue weighted by Gasteiger charge is 2.24. The SMILES string of the molecule is CCC(=O)N1CC[C@H](NCc2cc(Br)ncc2F)C1. The van der Waals surface area contributed by atoms with Crippen LogP contribution < -0.4 is 5.32 Å². The van der Waals surface area contributed by atoms with Gasteiger partial charge in [0.25, 0.3) is 0 Å². The number of nitrogens with zero attached hydrogens (tertiary/aromatic N) is 2. The van der Waals surface area contributed by atoms with Gasteiger partial charge in [-0.05, 0) is 28.4 Å². The van der Waals surface area contributed by atoms with Gasteiger partial charge in [-0.1, -0.05) is 6.92 Å². The minimum Gasteiger partial charge on any atom is -0.341 e. The van der Waals surface area contributed by atoms with Crippen LogP contribution in [0.1, 0.15) is 25.3 Å². The lowest BCUT2D eigenvalue weighted by molar-refractivity contribution is -0.129. The molecular weight excluding hydrogens is 313 g/mol. The van der Waals surface area contributed by atoms with Crippen molar-refractivity contribution in [3.8, 4) is 0 Å². The molecule has 2 rings (SSSR count). The molecule has 1 fully saturated rings. The van der Waals surface area contributed by atoms with Crippen LogP contribution in [0.4, 0.5) is 4.39 Å². The zero-order valence-electron chi connectivity index (χ0n) is 10.8. The maximum atomic E-state index is 13.5. The highest BCUT2D eigenvalue weighted by molar-refractivity contribution is 9.10. The number of likely N-dealkylation sites (tertiary alicyclic amines) is 1. The molecular formula is C13H17BrFN3O. The summed E-state index contributed by atoms with van der Waals surface area (Å²) in [5, 5.41) is 3.29. The predicted molar refractivity (Wildman–Crippen MR) is 74.0 cm³/mol. The predicted octanol–water partition coefficient (Wildman–Crippen LogP) is 2.08. The number of hydrogen-bond acceptors (Lipinski definition) is 3. The molecule has 0 unspecified atom stereocenters. The van der Waals surface area contributed by atoms with Crippen molar-refractivity contribution in [2.24, 2.45) is 0 Å². The van der Waals surface area contributed by atoms with E-state index in [1.54, 1.807) is 6.07 Å². The molecule has 0 bridgehead atoms. The highest BCUT2D eigenvalue weighted by atomic mass is 79.9. The Labute approximate surface area is 120 Å². The van der Waals surface area contributed by atoms with Crippen molar-refractivity contribution in [1.82, 2.24) is 15.2 Å². The number of pyridine rings is 1. The number of nitrogens with one attached hydrogen (secondary N) is 1. The Kier molecular flexibility index (Phi) is 4.87. The summed E-state index contributed by atoms with van der Waals surface area (Å²) in [7, 11) is 0. The summed E-state index contributed by atoms with van der Waals surface area (Å²) >= 11 is 3.23. The Hall–Kier alpha value is -1.01. The van der Waals surface area contributed by atoms with Gasteiger partial charge in [0.2, 0.25) is 5.91 Å². The van der Waals surface area contributed by atoms with Gasteiger partial charge < -0.3 is 10.2 Å². The molecule has 1 N–H and O–H groups in total. The Morgan fingerprint density at radius 3 is 3.21 bits per heavy atom. The van der Waals surface area contributed by atoms with E-state index in [1.165, 1.54) is 6.20 Å². The molecule has 0 saturated carbocycles. The zero-order chi connectivity index (χ0) is 13.8. The normalized spacial score (nSPS) is 18.9. The van der Waals surface area contributed by atoms with Crippen molar-refractivity contribution in [3.63, 3.8) is 0 Å². The number of halogens is 2. The average Bonchev–Trinajstić information content (AvgIpc) is 2.88. The first-order valence-electron chi connectivity index (χ1n) is 6.41. The van der Waals surface area contributed by atoms with Crippen LogP contribution in [-0.4, -0.2) is 34.9 Å². The van der Waals surface area contributed by atoms with Crippen LogP contribution in [0.2, 0.25) is 0 Å².